The Balaban J connectivity index is 1.90. The summed E-state index contributed by atoms with van der Waals surface area (Å²) in [6.07, 6.45) is 0. The molecule has 1 atom stereocenters. The van der Waals surface area contributed by atoms with Crippen molar-refractivity contribution in [3.8, 4) is 0 Å². The number of carbonyl (C=O) groups is 3. The first-order chi connectivity index (χ1) is 16.2. The van der Waals surface area contributed by atoms with Gasteiger partial charge in [0.2, 0.25) is 0 Å². The number of aliphatic hydroxyl groups excluding tert-OH is 1. The van der Waals surface area contributed by atoms with Crippen molar-refractivity contribution in [2.75, 3.05) is 11.5 Å². The number of hydrogen-bond donors (Lipinski definition) is 1. The molecule has 1 aliphatic rings. The number of anilines is 1. The molecule has 0 saturated carbocycles. The number of aliphatic hydroxyl groups is 1. The van der Waals surface area contributed by atoms with E-state index in [2.05, 4.69) is 4.98 Å². The van der Waals surface area contributed by atoms with Crippen molar-refractivity contribution in [3.63, 3.8) is 0 Å². The molecule has 7 nitrogen and oxygen atoms in total. The second kappa shape index (κ2) is 9.40. The van der Waals surface area contributed by atoms with Crippen LogP contribution in [0.5, 0.6) is 0 Å². The standard InChI is InChI=1S/C25H21ClN2O5S/c1-4-33-24(32)22-14(3)27-25(34-22)28-19(15-9-11-17(26)12-10-15)18(21(30)23(28)31)20(29)16-7-5-13(2)6-8-16/h5-12,19,29H,4H2,1-3H3/t19-/m0/s1. The van der Waals surface area contributed by atoms with Gasteiger partial charge in [-0.2, -0.15) is 0 Å². The maximum Gasteiger partial charge on any atom is 0.350 e. The zero-order valence-electron chi connectivity index (χ0n) is 18.7. The predicted molar refractivity (Wildman–Crippen MR) is 130 cm³/mol. The van der Waals surface area contributed by atoms with E-state index in [9.17, 15) is 19.5 Å². The van der Waals surface area contributed by atoms with Crippen molar-refractivity contribution < 1.29 is 24.2 Å². The van der Waals surface area contributed by atoms with Crippen LogP contribution in [-0.2, 0) is 14.3 Å². The maximum absolute atomic E-state index is 13.2. The zero-order valence-corrected chi connectivity index (χ0v) is 20.2. The van der Waals surface area contributed by atoms with Gasteiger partial charge in [-0.3, -0.25) is 14.5 Å². The van der Waals surface area contributed by atoms with E-state index in [4.69, 9.17) is 16.3 Å². The number of halogens is 1. The molecule has 1 N–H and O–H groups in total. The van der Waals surface area contributed by atoms with E-state index in [1.807, 2.05) is 6.92 Å². The van der Waals surface area contributed by atoms with Crippen molar-refractivity contribution in [2.24, 2.45) is 0 Å². The Morgan fingerprint density at radius 2 is 1.76 bits per heavy atom. The lowest BCUT2D eigenvalue weighted by Gasteiger charge is -2.23. The Kier molecular flexibility index (Phi) is 6.54. The van der Waals surface area contributed by atoms with Crippen LogP contribution in [0, 0.1) is 13.8 Å². The summed E-state index contributed by atoms with van der Waals surface area (Å²) < 4.78 is 5.08. The number of nitrogens with zero attached hydrogens (tertiary/aromatic N) is 2. The van der Waals surface area contributed by atoms with Crippen molar-refractivity contribution >= 4 is 51.5 Å². The molecule has 34 heavy (non-hydrogen) atoms. The molecule has 0 radical (unpaired) electrons. The minimum Gasteiger partial charge on any atom is -0.507 e. The predicted octanol–water partition coefficient (Wildman–Crippen LogP) is 5.22. The van der Waals surface area contributed by atoms with E-state index in [1.54, 1.807) is 62.4 Å². The molecule has 0 unspecified atom stereocenters. The highest BCUT2D eigenvalue weighted by Crippen LogP contribution is 2.44. The monoisotopic (exact) mass is 496 g/mol. The minimum atomic E-state index is -0.959. The number of esters is 1. The number of ether oxygens (including phenoxy) is 1. The summed E-state index contributed by atoms with van der Waals surface area (Å²) in [5, 5.41) is 11.8. The lowest BCUT2D eigenvalue weighted by atomic mass is 9.95. The molecular weight excluding hydrogens is 476 g/mol. The molecule has 4 rings (SSSR count). The molecule has 0 bridgehead atoms. The van der Waals surface area contributed by atoms with Crippen molar-refractivity contribution in [2.45, 2.75) is 26.8 Å². The number of carbonyl (C=O) groups excluding carboxylic acids is 3. The van der Waals surface area contributed by atoms with Crippen LogP contribution in [-0.4, -0.2) is 34.4 Å². The Morgan fingerprint density at radius 1 is 1.12 bits per heavy atom. The van der Waals surface area contributed by atoms with E-state index in [1.165, 1.54) is 4.90 Å². The van der Waals surface area contributed by atoms with Gasteiger partial charge in [-0.1, -0.05) is 64.9 Å². The number of rotatable bonds is 5. The van der Waals surface area contributed by atoms with Crippen molar-refractivity contribution in [1.82, 2.24) is 4.98 Å². The number of ketones is 1. The Labute approximate surface area is 205 Å². The van der Waals surface area contributed by atoms with Crippen LogP contribution in [0.4, 0.5) is 5.13 Å². The number of aryl methyl sites for hydroxylation is 2. The van der Waals surface area contributed by atoms with E-state index in [-0.39, 0.29) is 27.9 Å². The third-order valence-corrected chi connectivity index (χ3v) is 6.80. The van der Waals surface area contributed by atoms with Gasteiger partial charge < -0.3 is 9.84 Å². The van der Waals surface area contributed by atoms with Gasteiger partial charge in [0.05, 0.1) is 23.9 Å². The molecule has 174 valence electrons. The third-order valence-electron chi connectivity index (χ3n) is 5.41. The summed E-state index contributed by atoms with van der Waals surface area (Å²) in [6, 6.07) is 12.7. The molecule has 1 aliphatic heterocycles. The molecular formula is C25H21ClN2O5S. The highest BCUT2D eigenvalue weighted by Gasteiger charge is 2.48. The van der Waals surface area contributed by atoms with Gasteiger partial charge >= 0.3 is 11.9 Å². The fourth-order valence-electron chi connectivity index (χ4n) is 3.73. The lowest BCUT2D eigenvalue weighted by Crippen LogP contribution is -2.29. The van der Waals surface area contributed by atoms with Gasteiger partial charge in [0.25, 0.3) is 5.78 Å². The number of benzene rings is 2. The summed E-state index contributed by atoms with van der Waals surface area (Å²) in [5.74, 6) is -2.54. The van der Waals surface area contributed by atoms with E-state index < -0.39 is 23.7 Å². The minimum absolute atomic E-state index is 0.0679. The van der Waals surface area contributed by atoms with Crippen LogP contribution in [0.3, 0.4) is 0 Å². The van der Waals surface area contributed by atoms with Gasteiger partial charge in [0.1, 0.15) is 10.6 Å². The molecule has 1 aromatic heterocycles. The number of hydrogen-bond acceptors (Lipinski definition) is 7. The second-order valence-corrected chi connectivity index (χ2v) is 9.13. The average molecular weight is 497 g/mol. The molecule has 1 fully saturated rings. The van der Waals surface area contributed by atoms with Crippen LogP contribution in [0.1, 0.15) is 45.0 Å². The first kappa shape index (κ1) is 23.7. The zero-order chi connectivity index (χ0) is 24.6. The van der Waals surface area contributed by atoms with Gasteiger partial charge in [0.15, 0.2) is 5.13 Å². The summed E-state index contributed by atoms with van der Waals surface area (Å²) in [7, 11) is 0. The molecule has 0 spiro atoms. The Hall–Kier alpha value is -3.49. The molecule has 1 amide bonds. The Bertz CT molecular complexity index is 1310. The average Bonchev–Trinajstić information content (AvgIpc) is 3.31. The van der Waals surface area contributed by atoms with Crippen molar-refractivity contribution in [1.29, 1.82) is 0 Å². The van der Waals surface area contributed by atoms with Crippen LogP contribution in [0.2, 0.25) is 5.02 Å². The lowest BCUT2D eigenvalue weighted by molar-refractivity contribution is -0.132. The summed E-state index contributed by atoms with van der Waals surface area (Å²) in [4.78, 5) is 44.6. The first-order valence-electron chi connectivity index (χ1n) is 10.5. The van der Waals surface area contributed by atoms with E-state index >= 15 is 0 Å². The number of amides is 1. The van der Waals surface area contributed by atoms with Crippen LogP contribution < -0.4 is 4.90 Å². The van der Waals surface area contributed by atoms with Gasteiger partial charge in [-0.25, -0.2) is 9.78 Å². The quantitative estimate of drug-likeness (QED) is 0.225. The van der Waals surface area contributed by atoms with Gasteiger partial charge in [0, 0.05) is 10.6 Å². The summed E-state index contributed by atoms with van der Waals surface area (Å²) in [5.41, 5.74) is 2.26. The number of Topliss-reactive ketones (excluding diaryl/α,β-unsaturated/α-hetero) is 1. The SMILES string of the molecule is CCOC(=O)c1sc(N2C(=O)C(=O)C(=C(O)c3ccc(C)cc3)[C@@H]2c2ccc(Cl)cc2)nc1C. The van der Waals surface area contributed by atoms with Gasteiger partial charge in [-0.15, -0.1) is 0 Å². The maximum atomic E-state index is 13.2. The van der Waals surface area contributed by atoms with Crippen LogP contribution in [0.15, 0.2) is 54.1 Å². The van der Waals surface area contributed by atoms with E-state index in [0.717, 1.165) is 16.9 Å². The van der Waals surface area contributed by atoms with Crippen LogP contribution >= 0.6 is 22.9 Å². The first-order valence-corrected chi connectivity index (χ1v) is 11.7. The van der Waals surface area contributed by atoms with E-state index in [0.29, 0.717) is 21.8 Å². The smallest absolute Gasteiger partial charge is 0.350 e. The summed E-state index contributed by atoms with van der Waals surface area (Å²) in [6.45, 7) is 5.42. The molecule has 2 heterocycles. The highest BCUT2D eigenvalue weighted by molar-refractivity contribution is 7.17. The van der Waals surface area contributed by atoms with Gasteiger partial charge in [-0.05, 0) is 38.5 Å². The fraction of sp³-hybridized carbons (Fsp3) is 0.200. The summed E-state index contributed by atoms with van der Waals surface area (Å²) >= 11 is 7.02. The molecule has 0 aliphatic carbocycles. The van der Waals surface area contributed by atoms with Crippen molar-refractivity contribution in [3.05, 3.63) is 86.4 Å². The molecule has 2 aromatic carbocycles. The molecule has 9 heteroatoms. The van der Waals surface area contributed by atoms with Crippen LogP contribution in [0.25, 0.3) is 5.76 Å². The fourth-order valence-corrected chi connectivity index (χ4v) is 4.84. The second-order valence-electron chi connectivity index (χ2n) is 7.72. The number of thiazole rings is 1. The normalized spacial score (nSPS) is 17.3. The number of aromatic nitrogens is 1. The Morgan fingerprint density at radius 3 is 2.38 bits per heavy atom. The molecule has 1 saturated heterocycles. The highest BCUT2D eigenvalue weighted by atomic mass is 35.5. The third kappa shape index (κ3) is 4.22. The topological polar surface area (TPSA) is 96.8 Å². The largest absolute Gasteiger partial charge is 0.507 e. The molecule has 3 aromatic rings.